The summed E-state index contributed by atoms with van der Waals surface area (Å²) in [5.74, 6) is -1.58. The van der Waals surface area contributed by atoms with Gasteiger partial charge in [0.15, 0.2) is 0 Å². The molecule has 0 saturated heterocycles. The van der Waals surface area contributed by atoms with E-state index >= 15 is 0 Å². The van der Waals surface area contributed by atoms with E-state index in [0.29, 0.717) is 6.42 Å². The Morgan fingerprint density at radius 2 is 1.45 bits per heavy atom. The maximum Gasteiger partial charge on any atom is 0.251 e. The zero-order chi connectivity index (χ0) is 37.3. The average Bonchev–Trinajstić information content (AvgIpc) is 3.07. The molecule has 12 nitrogen and oxygen atoms in total. The molecule has 3 aromatic carbocycles. The molecule has 3 aromatic rings. The fourth-order valence-electron chi connectivity index (χ4n) is 5.59. The second kappa shape index (κ2) is 17.5. The average molecular weight is 719 g/mol. The van der Waals surface area contributed by atoms with Crippen molar-refractivity contribution in [1.82, 2.24) is 26.6 Å². The molecule has 13 heteroatoms. The lowest BCUT2D eigenvalue weighted by atomic mass is 9.93. The predicted octanol–water partition coefficient (Wildman–Crippen LogP) is 3.37. The first-order valence-corrected chi connectivity index (χ1v) is 19.1. The van der Waals surface area contributed by atoms with Gasteiger partial charge in [-0.3, -0.25) is 23.5 Å². The van der Waals surface area contributed by atoms with Crippen LogP contribution in [0.2, 0.25) is 0 Å². The number of nitrogens with one attached hydrogen (secondary N) is 5. The van der Waals surface area contributed by atoms with Crippen molar-refractivity contribution >= 4 is 39.3 Å². The minimum atomic E-state index is -3.72. The van der Waals surface area contributed by atoms with Crippen LogP contribution in [0.25, 0.3) is 0 Å². The summed E-state index contributed by atoms with van der Waals surface area (Å²) in [7, 11) is -2.37. The molecule has 4 atom stereocenters. The van der Waals surface area contributed by atoms with E-state index in [0.717, 1.165) is 46.5 Å². The summed E-state index contributed by atoms with van der Waals surface area (Å²) < 4.78 is 26.0. The fraction of sp³-hybridized carbons (Fsp3) is 0.421. The third kappa shape index (κ3) is 11.4. The molecule has 1 aliphatic rings. The lowest BCUT2D eigenvalue weighted by Crippen LogP contribution is -2.54. The lowest BCUT2D eigenvalue weighted by Gasteiger charge is -2.28. The van der Waals surface area contributed by atoms with Gasteiger partial charge >= 0.3 is 0 Å². The van der Waals surface area contributed by atoms with Gasteiger partial charge in [-0.15, -0.1) is 0 Å². The van der Waals surface area contributed by atoms with E-state index in [1.165, 1.54) is 25.2 Å². The van der Waals surface area contributed by atoms with Gasteiger partial charge in [0.25, 0.3) is 11.8 Å². The number of carbonyl (C=O) groups is 4. The summed E-state index contributed by atoms with van der Waals surface area (Å²) in [5, 5.41) is 14.8. The van der Waals surface area contributed by atoms with Crippen LogP contribution in [0.15, 0.2) is 72.8 Å². The summed E-state index contributed by atoms with van der Waals surface area (Å²) in [6, 6.07) is 19.5. The maximum atomic E-state index is 13.9. The number of nitrogens with zero attached hydrogens (tertiary/aromatic N) is 1. The van der Waals surface area contributed by atoms with Crippen LogP contribution in [0.3, 0.4) is 0 Å². The van der Waals surface area contributed by atoms with Crippen LogP contribution in [0.4, 0.5) is 5.69 Å². The van der Waals surface area contributed by atoms with E-state index < -0.39 is 40.0 Å². The smallest absolute Gasteiger partial charge is 0.251 e. The normalized spacial score (nSPS) is 15.3. The highest BCUT2D eigenvalue weighted by Crippen LogP contribution is 2.23. The van der Waals surface area contributed by atoms with Crippen molar-refractivity contribution in [2.45, 2.75) is 83.6 Å². The number of sulfonamides is 1. The number of benzene rings is 3. The van der Waals surface area contributed by atoms with Crippen LogP contribution in [0.1, 0.15) is 83.5 Å². The zero-order valence-electron chi connectivity index (χ0n) is 30.2. The third-order valence-corrected chi connectivity index (χ3v) is 10.3. The molecule has 0 radical (unpaired) electrons. The molecule has 0 bridgehead atoms. The first kappa shape index (κ1) is 39.0. The van der Waals surface area contributed by atoms with Gasteiger partial charge in [-0.05, 0) is 82.7 Å². The molecule has 0 spiro atoms. The Morgan fingerprint density at radius 3 is 2.04 bits per heavy atom. The molecular weight excluding hydrogens is 669 g/mol. The second-order valence-corrected chi connectivity index (χ2v) is 15.5. The predicted molar refractivity (Wildman–Crippen MR) is 199 cm³/mol. The summed E-state index contributed by atoms with van der Waals surface area (Å²) in [6.07, 6.45) is 4.43. The Labute approximate surface area is 301 Å². The van der Waals surface area contributed by atoms with E-state index in [1.54, 1.807) is 13.8 Å². The number of carbonyl (C=O) groups excluding carboxylic acids is 4. The van der Waals surface area contributed by atoms with Crippen LogP contribution in [0.5, 0.6) is 0 Å². The van der Waals surface area contributed by atoms with E-state index in [9.17, 15) is 27.6 Å². The van der Waals surface area contributed by atoms with E-state index in [2.05, 4.69) is 26.6 Å². The molecule has 0 aliphatic heterocycles. The second-order valence-electron chi connectivity index (χ2n) is 13.5. The first-order valence-electron chi connectivity index (χ1n) is 17.3. The Morgan fingerprint density at radius 1 is 0.804 bits per heavy atom. The van der Waals surface area contributed by atoms with E-state index in [4.69, 9.17) is 0 Å². The van der Waals surface area contributed by atoms with Gasteiger partial charge in [-0.1, -0.05) is 60.2 Å². The Kier molecular flexibility index (Phi) is 13.4. The molecule has 4 rings (SSSR count). The maximum absolute atomic E-state index is 13.9. The van der Waals surface area contributed by atoms with Crippen LogP contribution in [-0.4, -0.2) is 76.1 Å². The fourth-order valence-corrected chi connectivity index (χ4v) is 6.07. The number of aryl methyl sites for hydroxylation is 1. The van der Waals surface area contributed by atoms with Gasteiger partial charge in [-0.2, -0.15) is 0 Å². The molecule has 1 fully saturated rings. The molecule has 1 unspecified atom stereocenters. The monoisotopic (exact) mass is 718 g/mol. The van der Waals surface area contributed by atoms with Crippen molar-refractivity contribution in [2.24, 2.45) is 0 Å². The molecule has 274 valence electrons. The number of anilines is 1. The minimum absolute atomic E-state index is 0.0894. The summed E-state index contributed by atoms with van der Waals surface area (Å²) in [6.45, 7) is 7.33. The Balaban J connectivity index is 1.52. The Hall–Kier alpha value is -4.75. The number of hydrogen-bond acceptors (Lipinski definition) is 7. The molecule has 0 heterocycles. The Bertz CT molecular complexity index is 1810. The van der Waals surface area contributed by atoms with Crippen molar-refractivity contribution in [3.63, 3.8) is 0 Å². The van der Waals surface area contributed by atoms with Crippen molar-refractivity contribution in [3.05, 3.63) is 101 Å². The summed E-state index contributed by atoms with van der Waals surface area (Å²) in [5.41, 5.74) is 3.24. The number of rotatable bonds is 16. The largest absolute Gasteiger partial charge is 0.352 e. The number of amides is 4. The van der Waals surface area contributed by atoms with Gasteiger partial charge in [0.05, 0.1) is 24.0 Å². The van der Waals surface area contributed by atoms with Crippen molar-refractivity contribution in [2.75, 3.05) is 24.2 Å². The van der Waals surface area contributed by atoms with Crippen LogP contribution in [-0.2, 0) is 26.0 Å². The van der Waals surface area contributed by atoms with Crippen LogP contribution >= 0.6 is 0 Å². The lowest BCUT2D eigenvalue weighted by molar-refractivity contribution is -0.130. The molecule has 1 saturated carbocycles. The van der Waals surface area contributed by atoms with Gasteiger partial charge in [0.1, 0.15) is 6.04 Å². The molecule has 4 amide bonds. The highest BCUT2D eigenvalue weighted by atomic mass is 32.2. The topological polar surface area (TPSA) is 166 Å². The third-order valence-electron chi connectivity index (χ3n) is 9.12. The van der Waals surface area contributed by atoms with Gasteiger partial charge in [0.2, 0.25) is 21.8 Å². The number of hydrogen-bond donors (Lipinski definition) is 5. The van der Waals surface area contributed by atoms with Gasteiger partial charge < -0.3 is 26.6 Å². The molecule has 51 heavy (non-hydrogen) atoms. The SMILES string of the molecule is Cc1cccc([C@@H](C)NC(=O)c2cc(C(=O)N[C@H](CN[C@@H](C)C(=O)NC(C)C(=O)NC3CCC3)Cc3ccccc3)cc(N(C)S(C)(=O)=O)c2)c1. The van der Waals surface area contributed by atoms with Gasteiger partial charge in [0, 0.05) is 36.8 Å². The van der Waals surface area contributed by atoms with Gasteiger partial charge in [-0.25, -0.2) is 8.42 Å². The summed E-state index contributed by atoms with van der Waals surface area (Å²) >= 11 is 0. The molecule has 0 aromatic heterocycles. The zero-order valence-corrected chi connectivity index (χ0v) is 31.0. The minimum Gasteiger partial charge on any atom is -0.352 e. The summed E-state index contributed by atoms with van der Waals surface area (Å²) in [4.78, 5) is 52.9. The molecule has 5 N–H and O–H groups in total. The van der Waals surface area contributed by atoms with E-state index in [1.807, 2.05) is 68.4 Å². The van der Waals surface area contributed by atoms with Crippen molar-refractivity contribution < 1.29 is 27.6 Å². The van der Waals surface area contributed by atoms with Crippen LogP contribution in [0, 0.1) is 6.92 Å². The van der Waals surface area contributed by atoms with Crippen molar-refractivity contribution in [1.29, 1.82) is 0 Å². The standard InChI is InChI=1S/C38H50N6O6S/c1-24-12-10-15-29(18-24)25(2)40-37(47)30-20-31(22-34(21-30)44(5)51(6,49)50)38(48)43-33(19-28-13-8-7-9-14-28)23-39-26(3)35(45)41-27(4)36(46)42-32-16-11-17-32/h7-10,12-15,18,20-22,25-27,32-33,39H,11,16-17,19,23H2,1-6H3,(H,40,47)(H,41,45)(H,42,46)(H,43,48)/t25-,26+,27?,33+/m1/s1. The first-order chi connectivity index (χ1) is 24.1. The quantitative estimate of drug-likeness (QED) is 0.152. The highest BCUT2D eigenvalue weighted by Gasteiger charge is 2.26. The van der Waals surface area contributed by atoms with E-state index in [-0.39, 0.29) is 47.3 Å². The molecular formula is C38H50N6O6S. The van der Waals surface area contributed by atoms with Crippen molar-refractivity contribution in [3.8, 4) is 0 Å². The highest BCUT2D eigenvalue weighted by molar-refractivity contribution is 7.92. The molecule has 1 aliphatic carbocycles. The van der Waals surface area contributed by atoms with Crippen LogP contribution < -0.4 is 30.9 Å².